The number of esters is 2. The second kappa shape index (κ2) is 15.0. The number of nitrogens with zero attached hydrogens (tertiary/aromatic N) is 3. The first-order valence-corrected chi connectivity index (χ1v) is 13.1. The number of ether oxygens (including phenoxy) is 2. The van der Waals surface area contributed by atoms with E-state index in [0.29, 0.717) is 0 Å². The molecule has 0 aromatic carbocycles. The number of carbonyl (C=O) groups is 4. The molecule has 2 unspecified atom stereocenters. The summed E-state index contributed by atoms with van der Waals surface area (Å²) in [5.41, 5.74) is 11.1. The van der Waals surface area contributed by atoms with Gasteiger partial charge in [-0.25, -0.2) is 26.3 Å². The largest absolute Gasteiger partial charge is 0.480 e. The van der Waals surface area contributed by atoms with Crippen LogP contribution in [0.3, 0.4) is 0 Å². The molecule has 2 atom stereocenters. The quantitative estimate of drug-likeness (QED) is 0.100. The zero-order chi connectivity index (χ0) is 32.4. The molecule has 0 spiro atoms. The van der Waals surface area contributed by atoms with Crippen LogP contribution in [0.15, 0.2) is 30.6 Å². The predicted molar refractivity (Wildman–Crippen MR) is 154 cm³/mol. The summed E-state index contributed by atoms with van der Waals surface area (Å²) in [6.45, 7) is 10.2. The second-order valence-electron chi connectivity index (χ2n) is 11.4. The van der Waals surface area contributed by atoms with Crippen LogP contribution in [0.1, 0.15) is 78.6 Å². The number of hydrazine groups is 2. The zero-order valence-electron chi connectivity index (χ0n) is 24.9. The number of nitrogens with two attached hydrogens (primary N) is 4. The van der Waals surface area contributed by atoms with E-state index in [9.17, 15) is 29.4 Å². The standard InChI is InChI=1S/C27H43N7O8/c1-26(2,3)41-22(35)12-10-20(24(37)38)33(30)14-16(28)18-8-7-9-19(32-18)17(29)15-34(31)21(25(39)40)11-13-23(36)42-27(4,5)6/h7-9,14-15,20-21H,10-13,28-31H2,1-6H3,(H,37,38)(H,39,40)/b16-14-,17-15-. The molecule has 1 rings (SSSR count). The lowest BCUT2D eigenvalue weighted by atomic mass is 10.1. The Morgan fingerprint density at radius 2 is 1.12 bits per heavy atom. The van der Waals surface area contributed by atoms with Gasteiger partial charge in [-0.15, -0.1) is 0 Å². The van der Waals surface area contributed by atoms with Gasteiger partial charge in [0, 0.05) is 25.2 Å². The Balaban J connectivity index is 3.05. The Hall–Kier alpha value is -4.37. The third-order valence-corrected chi connectivity index (χ3v) is 5.29. The Morgan fingerprint density at radius 3 is 1.40 bits per heavy atom. The van der Waals surface area contributed by atoms with E-state index in [1.807, 2.05) is 0 Å². The van der Waals surface area contributed by atoms with Crippen molar-refractivity contribution in [3.63, 3.8) is 0 Å². The number of hydrogen-bond acceptors (Lipinski definition) is 13. The molecular formula is C27H43N7O8. The molecule has 0 amide bonds. The first kappa shape index (κ1) is 35.7. The summed E-state index contributed by atoms with van der Waals surface area (Å²) in [6, 6.07) is 2.03. The SMILES string of the molecule is CC(C)(C)OC(=O)CCC(C(=O)O)N(N)/C=C(\N)c1cccc(/C(N)=C/N(N)C(CCC(=O)OC(C)(C)C)C(=O)O)n1. The minimum atomic E-state index is -1.29. The Kier molecular flexibility index (Phi) is 12.8. The number of carboxylic acids is 2. The Morgan fingerprint density at radius 1 is 0.786 bits per heavy atom. The molecule has 234 valence electrons. The van der Waals surface area contributed by atoms with Crippen molar-refractivity contribution in [2.45, 2.75) is 90.5 Å². The van der Waals surface area contributed by atoms with Gasteiger partial charge in [0.2, 0.25) is 0 Å². The summed E-state index contributed by atoms with van der Waals surface area (Å²) >= 11 is 0. The second-order valence-corrected chi connectivity index (χ2v) is 11.4. The monoisotopic (exact) mass is 593 g/mol. The molecule has 1 heterocycles. The first-order valence-electron chi connectivity index (χ1n) is 13.1. The average molecular weight is 594 g/mol. The van der Waals surface area contributed by atoms with Crippen LogP contribution in [0.4, 0.5) is 0 Å². The fourth-order valence-electron chi connectivity index (χ4n) is 3.48. The lowest BCUT2D eigenvalue weighted by molar-refractivity contribution is -0.157. The molecule has 15 heteroatoms. The number of carboxylic acid groups (broad SMARTS) is 2. The van der Waals surface area contributed by atoms with E-state index in [1.54, 1.807) is 47.6 Å². The molecular weight excluding hydrogens is 550 g/mol. The van der Waals surface area contributed by atoms with E-state index in [1.165, 1.54) is 12.1 Å². The summed E-state index contributed by atoms with van der Waals surface area (Å²) in [5, 5.41) is 20.9. The summed E-state index contributed by atoms with van der Waals surface area (Å²) in [5.74, 6) is 8.20. The van der Waals surface area contributed by atoms with Gasteiger partial charge in [-0.05, 0) is 66.5 Å². The summed E-state index contributed by atoms with van der Waals surface area (Å²) in [4.78, 5) is 51.9. The predicted octanol–water partition coefficient (Wildman–Crippen LogP) is 1.10. The molecule has 1 aromatic rings. The third-order valence-electron chi connectivity index (χ3n) is 5.29. The smallest absolute Gasteiger partial charge is 0.327 e. The average Bonchev–Trinajstić information content (AvgIpc) is 2.81. The van der Waals surface area contributed by atoms with Gasteiger partial charge in [0.15, 0.2) is 0 Å². The van der Waals surface area contributed by atoms with Crippen molar-refractivity contribution in [1.29, 1.82) is 0 Å². The maximum absolute atomic E-state index is 12.0. The van der Waals surface area contributed by atoms with E-state index < -0.39 is 47.2 Å². The highest BCUT2D eigenvalue weighted by Gasteiger charge is 2.26. The lowest BCUT2D eigenvalue weighted by Crippen LogP contribution is -2.43. The van der Waals surface area contributed by atoms with Gasteiger partial charge in [-0.3, -0.25) is 9.59 Å². The zero-order valence-corrected chi connectivity index (χ0v) is 24.9. The van der Waals surface area contributed by atoms with Crippen LogP contribution < -0.4 is 23.2 Å². The van der Waals surface area contributed by atoms with Crippen LogP contribution in [0.5, 0.6) is 0 Å². The van der Waals surface area contributed by atoms with Gasteiger partial charge in [-0.2, -0.15) is 0 Å². The number of aromatic nitrogens is 1. The van der Waals surface area contributed by atoms with Crippen LogP contribution >= 0.6 is 0 Å². The van der Waals surface area contributed by atoms with Crippen LogP contribution in [0.2, 0.25) is 0 Å². The van der Waals surface area contributed by atoms with Crippen molar-refractivity contribution in [3.8, 4) is 0 Å². The number of pyridine rings is 1. The molecule has 0 bridgehead atoms. The lowest BCUT2D eigenvalue weighted by Gasteiger charge is -2.24. The van der Waals surface area contributed by atoms with E-state index in [0.717, 1.165) is 22.4 Å². The van der Waals surface area contributed by atoms with Gasteiger partial charge in [0.1, 0.15) is 23.3 Å². The molecule has 0 aliphatic rings. The van der Waals surface area contributed by atoms with E-state index >= 15 is 0 Å². The fraction of sp³-hybridized carbons (Fsp3) is 0.519. The molecule has 0 saturated heterocycles. The van der Waals surface area contributed by atoms with Crippen molar-refractivity contribution in [2.75, 3.05) is 0 Å². The van der Waals surface area contributed by atoms with Gasteiger partial charge in [0.05, 0.1) is 22.8 Å². The Bertz CT molecular complexity index is 1100. The molecule has 42 heavy (non-hydrogen) atoms. The highest BCUT2D eigenvalue weighted by molar-refractivity contribution is 5.77. The molecule has 1 aromatic heterocycles. The highest BCUT2D eigenvalue weighted by atomic mass is 16.6. The topological polar surface area (TPSA) is 251 Å². The normalized spacial score (nSPS) is 14.0. The van der Waals surface area contributed by atoms with Gasteiger partial charge >= 0.3 is 23.9 Å². The Labute approximate surface area is 245 Å². The summed E-state index contributed by atoms with van der Waals surface area (Å²) < 4.78 is 10.4. The molecule has 15 nitrogen and oxygen atoms in total. The maximum Gasteiger partial charge on any atom is 0.327 e. The third kappa shape index (κ3) is 12.9. The van der Waals surface area contributed by atoms with Crippen molar-refractivity contribution >= 4 is 35.3 Å². The van der Waals surface area contributed by atoms with Crippen molar-refractivity contribution in [1.82, 2.24) is 15.0 Å². The summed E-state index contributed by atoms with van der Waals surface area (Å²) in [7, 11) is 0. The molecule has 0 aliphatic carbocycles. The fourth-order valence-corrected chi connectivity index (χ4v) is 3.48. The van der Waals surface area contributed by atoms with E-state index in [2.05, 4.69) is 4.98 Å². The molecule has 0 radical (unpaired) electrons. The maximum atomic E-state index is 12.0. The van der Waals surface area contributed by atoms with Crippen molar-refractivity contribution in [3.05, 3.63) is 42.0 Å². The van der Waals surface area contributed by atoms with E-state index in [-0.39, 0.29) is 48.5 Å². The number of rotatable bonds is 14. The number of aliphatic carboxylic acids is 2. The molecule has 0 saturated carbocycles. The van der Waals surface area contributed by atoms with Crippen molar-refractivity contribution in [2.24, 2.45) is 23.2 Å². The van der Waals surface area contributed by atoms with Gasteiger partial charge in [-0.1, -0.05) is 6.07 Å². The van der Waals surface area contributed by atoms with Crippen LogP contribution in [-0.4, -0.2) is 72.4 Å². The molecule has 10 N–H and O–H groups in total. The van der Waals surface area contributed by atoms with Gasteiger partial charge in [0.25, 0.3) is 0 Å². The van der Waals surface area contributed by atoms with Crippen molar-refractivity contribution < 1.29 is 38.9 Å². The van der Waals surface area contributed by atoms with Crippen LogP contribution in [0.25, 0.3) is 11.4 Å². The first-order chi connectivity index (χ1) is 19.2. The highest BCUT2D eigenvalue weighted by Crippen LogP contribution is 2.17. The molecule has 0 aliphatic heterocycles. The summed E-state index contributed by atoms with van der Waals surface area (Å²) in [6.07, 6.45) is 1.67. The minimum absolute atomic E-state index is 0.0129. The van der Waals surface area contributed by atoms with Gasteiger partial charge < -0.3 is 41.2 Å². The number of carbonyl (C=O) groups excluding carboxylic acids is 2. The van der Waals surface area contributed by atoms with E-state index in [4.69, 9.17) is 32.6 Å². The number of hydrogen-bond donors (Lipinski definition) is 6. The molecule has 0 fully saturated rings. The van der Waals surface area contributed by atoms with Crippen LogP contribution in [-0.2, 0) is 28.7 Å². The minimum Gasteiger partial charge on any atom is -0.480 e. The van der Waals surface area contributed by atoms with Crippen LogP contribution in [0, 0.1) is 0 Å².